The quantitative estimate of drug-likeness (QED) is 0.510. The van der Waals surface area contributed by atoms with Crippen LogP contribution < -0.4 is 10.6 Å². The molecule has 1 heterocycles. The molecular formula is C23H29N5. The first-order valence-electron chi connectivity index (χ1n) is 9.63. The van der Waals surface area contributed by atoms with Gasteiger partial charge in [-0.15, -0.1) is 0 Å². The first kappa shape index (κ1) is 19.7. The molecule has 5 nitrogen and oxygen atoms in total. The molecule has 5 heteroatoms. The van der Waals surface area contributed by atoms with Gasteiger partial charge in [-0.05, 0) is 31.9 Å². The van der Waals surface area contributed by atoms with E-state index in [0.29, 0.717) is 6.54 Å². The molecule has 3 aromatic rings. The standard InChI is InChI=1S/C23H29N5/c1-17-10-12-20(13-11-17)14-25-23(24-4)26-15-22-18(2)27-28(19(22)3)16-21-8-6-5-7-9-21/h5-13H,14-16H2,1-4H3,(H2,24,25,26). The molecular weight excluding hydrogens is 346 g/mol. The van der Waals surface area contributed by atoms with E-state index in [2.05, 4.69) is 89.6 Å². The molecule has 2 N–H and O–H groups in total. The van der Waals surface area contributed by atoms with Crippen molar-refractivity contribution in [2.75, 3.05) is 7.05 Å². The highest BCUT2D eigenvalue weighted by molar-refractivity contribution is 5.79. The van der Waals surface area contributed by atoms with E-state index in [0.717, 1.165) is 24.7 Å². The average molecular weight is 376 g/mol. The Bertz CT molecular complexity index is 924. The number of aliphatic imine (C=N–C) groups is 1. The maximum Gasteiger partial charge on any atom is 0.191 e. The van der Waals surface area contributed by atoms with E-state index < -0.39 is 0 Å². The molecule has 2 aromatic carbocycles. The minimum atomic E-state index is 0.694. The predicted molar refractivity (Wildman–Crippen MR) is 115 cm³/mol. The number of nitrogens with one attached hydrogen (secondary N) is 2. The van der Waals surface area contributed by atoms with Crippen molar-refractivity contribution >= 4 is 5.96 Å². The summed E-state index contributed by atoms with van der Waals surface area (Å²) in [5.74, 6) is 0.787. The van der Waals surface area contributed by atoms with Crippen molar-refractivity contribution in [2.45, 2.75) is 40.4 Å². The number of hydrogen-bond acceptors (Lipinski definition) is 2. The Morgan fingerprint density at radius 3 is 2.25 bits per heavy atom. The molecule has 0 saturated carbocycles. The molecule has 0 aliphatic carbocycles. The van der Waals surface area contributed by atoms with Crippen molar-refractivity contribution in [3.05, 3.63) is 88.2 Å². The summed E-state index contributed by atoms with van der Waals surface area (Å²) in [7, 11) is 1.79. The molecule has 0 aliphatic heterocycles. The zero-order chi connectivity index (χ0) is 19.9. The normalized spacial score (nSPS) is 11.5. The Hall–Kier alpha value is -3.08. The molecule has 1 aromatic heterocycles. The van der Waals surface area contributed by atoms with Gasteiger partial charge >= 0.3 is 0 Å². The highest BCUT2D eigenvalue weighted by atomic mass is 15.3. The Balaban J connectivity index is 1.60. The van der Waals surface area contributed by atoms with E-state index in [-0.39, 0.29) is 0 Å². The number of aryl methyl sites for hydroxylation is 2. The van der Waals surface area contributed by atoms with Gasteiger partial charge in [0.2, 0.25) is 0 Å². The summed E-state index contributed by atoms with van der Waals surface area (Å²) < 4.78 is 2.07. The fraction of sp³-hybridized carbons (Fsp3) is 0.304. The van der Waals surface area contributed by atoms with Crippen LogP contribution in [0.5, 0.6) is 0 Å². The molecule has 0 spiro atoms. The Kier molecular flexibility index (Phi) is 6.48. The lowest BCUT2D eigenvalue weighted by Gasteiger charge is -2.12. The highest BCUT2D eigenvalue weighted by Crippen LogP contribution is 2.14. The zero-order valence-corrected chi connectivity index (χ0v) is 17.2. The summed E-state index contributed by atoms with van der Waals surface area (Å²) in [4.78, 5) is 4.34. The molecule has 0 radical (unpaired) electrons. The molecule has 3 rings (SSSR count). The van der Waals surface area contributed by atoms with Crippen LogP contribution in [0.2, 0.25) is 0 Å². The van der Waals surface area contributed by atoms with E-state index in [1.54, 1.807) is 7.05 Å². The zero-order valence-electron chi connectivity index (χ0n) is 17.2. The van der Waals surface area contributed by atoms with Crippen LogP contribution in [0.15, 0.2) is 59.6 Å². The van der Waals surface area contributed by atoms with E-state index in [1.165, 1.54) is 27.9 Å². The lowest BCUT2D eigenvalue weighted by atomic mass is 10.1. The number of hydrogen-bond donors (Lipinski definition) is 2. The van der Waals surface area contributed by atoms with Gasteiger partial charge in [-0.1, -0.05) is 60.2 Å². The van der Waals surface area contributed by atoms with Crippen LogP contribution in [0, 0.1) is 20.8 Å². The first-order chi connectivity index (χ1) is 13.6. The minimum Gasteiger partial charge on any atom is -0.352 e. The summed E-state index contributed by atoms with van der Waals surface area (Å²) in [6.07, 6.45) is 0. The van der Waals surface area contributed by atoms with E-state index >= 15 is 0 Å². The largest absolute Gasteiger partial charge is 0.352 e. The smallest absolute Gasteiger partial charge is 0.191 e. The second-order valence-electron chi connectivity index (χ2n) is 7.06. The van der Waals surface area contributed by atoms with Gasteiger partial charge in [-0.3, -0.25) is 9.67 Å². The van der Waals surface area contributed by atoms with Crippen LogP contribution in [-0.2, 0) is 19.6 Å². The molecule has 0 amide bonds. The third-order valence-electron chi connectivity index (χ3n) is 4.94. The van der Waals surface area contributed by atoms with Gasteiger partial charge in [-0.25, -0.2) is 0 Å². The maximum atomic E-state index is 4.73. The summed E-state index contributed by atoms with van der Waals surface area (Å²) in [6.45, 7) is 8.51. The first-order valence-corrected chi connectivity index (χ1v) is 9.63. The molecule has 28 heavy (non-hydrogen) atoms. The molecule has 0 atom stereocenters. The van der Waals surface area contributed by atoms with E-state index in [9.17, 15) is 0 Å². The average Bonchev–Trinajstić information content (AvgIpc) is 2.97. The number of guanidine groups is 1. The summed E-state index contributed by atoms with van der Waals surface area (Å²) in [5.41, 5.74) is 7.21. The van der Waals surface area contributed by atoms with Crippen LogP contribution in [0.25, 0.3) is 0 Å². The van der Waals surface area contributed by atoms with Crippen molar-refractivity contribution in [1.29, 1.82) is 0 Å². The fourth-order valence-electron chi connectivity index (χ4n) is 3.18. The highest BCUT2D eigenvalue weighted by Gasteiger charge is 2.12. The third-order valence-corrected chi connectivity index (χ3v) is 4.94. The van der Waals surface area contributed by atoms with Gasteiger partial charge < -0.3 is 10.6 Å². The van der Waals surface area contributed by atoms with Crippen molar-refractivity contribution in [2.24, 2.45) is 4.99 Å². The van der Waals surface area contributed by atoms with Crippen LogP contribution >= 0.6 is 0 Å². The van der Waals surface area contributed by atoms with Crippen molar-refractivity contribution in [3.8, 4) is 0 Å². The van der Waals surface area contributed by atoms with E-state index in [1.807, 2.05) is 6.07 Å². The van der Waals surface area contributed by atoms with Crippen LogP contribution in [0.4, 0.5) is 0 Å². The van der Waals surface area contributed by atoms with Gasteiger partial charge in [0.1, 0.15) is 0 Å². The maximum absolute atomic E-state index is 4.73. The molecule has 0 aliphatic rings. The summed E-state index contributed by atoms with van der Waals surface area (Å²) >= 11 is 0. The predicted octanol–water partition coefficient (Wildman–Crippen LogP) is 3.72. The van der Waals surface area contributed by atoms with Crippen LogP contribution in [0.1, 0.15) is 33.6 Å². The summed E-state index contributed by atoms with van der Waals surface area (Å²) in [6, 6.07) is 18.9. The monoisotopic (exact) mass is 375 g/mol. The lowest BCUT2D eigenvalue weighted by molar-refractivity contribution is 0.657. The molecule has 0 bridgehead atoms. The second kappa shape index (κ2) is 9.22. The van der Waals surface area contributed by atoms with Gasteiger partial charge in [0, 0.05) is 31.4 Å². The number of nitrogens with zero attached hydrogens (tertiary/aromatic N) is 3. The topological polar surface area (TPSA) is 54.2 Å². The van der Waals surface area contributed by atoms with Gasteiger partial charge in [0.05, 0.1) is 12.2 Å². The van der Waals surface area contributed by atoms with Gasteiger partial charge in [0.25, 0.3) is 0 Å². The number of benzene rings is 2. The minimum absolute atomic E-state index is 0.694. The fourth-order valence-corrected chi connectivity index (χ4v) is 3.18. The SMILES string of the molecule is CN=C(NCc1ccc(C)cc1)NCc1c(C)nn(Cc2ccccc2)c1C. The lowest BCUT2D eigenvalue weighted by Crippen LogP contribution is -2.36. The third kappa shape index (κ3) is 5.00. The van der Waals surface area contributed by atoms with Crippen LogP contribution in [0.3, 0.4) is 0 Å². The molecule has 0 saturated heterocycles. The Morgan fingerprint density at radius 1 is 0.893 bits per heavy atom. The summed E-state index contributed by atoms with van der Waals surface area (Å²) in [5, 5.41) is 11.5. The number of rotatable bonds is 6. The van der Waals surface area contributed by atoms with Crippen LogP contribution in [-0.4, -0.2) is 22.8 Å². The van der Waals surface area contributed by atoms with E-state index in [4.69, 9.17) is 5.10 Å². The molecule has 146 valence electrons. The molecule has 0 fully saturated rings. The Morgan fingerprint density at radius 2 is 1.57 bits per heavy atom. The molecule has 0 unspecified atom stereocenters. The van der Waals surface area contributed by atoms with Gasteiger partial charge in [0.15, 0.2) is 5.96 Å². The number of aromatic nitrogens is 2. The van der Waals surface area contributed by atoms with Crippen molar-refractivity contribution < 1.29 is 0 Å². The van der Waals surface area contributed by atoms with Crippen molar-refractivity contribution in [1.82, 2.24) is 20.4 Å². The second-order valence-corrected chi connectivity index (χ2v) is 7.06. The van der Waals surface area contributed by atoms with Gasteiger partial charge in [-0.2, -0.15) is 5.10 Å². The Labute approximate surface area is 167 Å². The van der Waals surface area contributed by atoms with Crippen molar-refractivity contribution in [3.63, 3.8) is 0 Å².